The summed E-state index contributed by atoms with van der Waals surface area (Å²) < 4.78 is 0. The molecule has 2 aliphatic rings. The first kappa shape index (κ1) is 12.8. The molecular formula is C12H24N4O. The highest BCUT2D eigenvalue weighted by atomic mass is 16.2. The normalized spacial score (nSPS) is 27.6. The lowest BCUT2D eigenvalue weighted by molar-refractivity contribution is -0.129. The van der Waals surface area contributed by atoms with Crippen molar-refractivity contribution >= 4 is 5.91 Å². The van der Waals surface area contributed by atoms with E-state index in [1.54, 1.807) is 0 Å². The number of hydrogen-bond acceptors (Lipinski definition) is 4. The van der Waals surface area contributed by atoms with Crippen LogP contribution in [0.15, 0.2) is 0 Å². The summed E-state index contributed by atoms with van der Waals surface area (Å²) in [5, 5.41) is 2.93. The molecule has 1 N–H and O–H groups in total. The van der Waals surface area contributed by atoms with Gasteiger partial charge in [-0.25, -0.2) is 0 Å². The van der Waals surface area contributed by atoms with Gasteiger partial charge in [-0.15, -0.1) is 0 Å². The molecule has 0 aromatic heterocycles. The van der Waals surface area contributed by atoms with E-state index in [2.05, 4.69) is 22.2 Å². The number of carbonyl (C=O) groups is 1. The van der Waals surface area contributed by atoms with Crippen molar-refractivity contribution in [3.63, 3.8) is 0 Å². The number of nitrogens with zero attached hydrogens (tertiary/aromatic N) is 3. The van der Waals surface area contributed by atoms with Crippen LogP contribution in [0.3, 0.4) is 0 Å². The lowest BCUT2D eigenvalue weighted by Gasteiger charge is -2.36. The van der Waals surface area contributed by atoms with E-state index in [0.717, 1.165) is 45.7 Å². The predicted molar refractivity (Wildman–Crippen MR) is 68.0 cm³/mol. The average molecular weight is 240 g/mol. The molecule has 2 saturated heterocycles. The highest BCUT2D eigenvalue weighted by Crippen LogP contribution is 2.17. The Morgan fingerprint density at radius 2 is 1.94 bits per heavy atom. The Balaban J connectivity index is 1.79. The maximum atomic E-state index is 11.8. The SMILES string of the molecule is CNCC(=O)N1CCC(N2CCN(C)CC2)C1. The van der Waals surface area contributed by atoms with Crippen LogP contribution in [0.25, 0.3) is 0 Å². The van der Waals surface area contributed by atoms with E-state index in [0.29, 0.717) is 12.6 Å². The summed E-state index contributed by atoms with van der Waals surface area (Å²) >= 11 is 0. The van der Waals surface area contributed by atoms with Crippen LogP contribution in [0.4, 0.5) is 0 Å². The molecule has 0 aliphatic carbocycles. The van der Waals surface area contributed by atoms with E-state index in [1.165, 1.54) is 0 Å². The smallest absolute Gasteiger partial charge is 0.236 e. The van der Waals surface area contributed by atoms with Crippen LogP contribution in [0.1, 0.15) is 6.42 Å². The number of nitrogens with one attached hydrogen (secondary N) is 1. The molecule has 5 heteroatoms. The molecule has 1 amide bonds. The third kappa shape index (κ3) is 3.18. The summed E-state index contributed by atoms with van der Waals surface area (Å²) in [6.07, 6.45) is 1.14. The number of hydrogen-bond donors (Lipinski definition) is 1. The van der Waals surface area contributed by atoms with Gasteiger partial charge in [0, 0.05) is 45.3 Å². The van der Waals surface area contributed by atoms with E-state index >= 15 is 0 Å². The Hall–Kier alpha value is -0.650. The topological polar surface area (TPSA) is 38.8 Å². The Labute approximate surface area is 104 Å². The van der Waals surface area contributed by atoms with Crippen LogP contribution in [0.5, 0.6) is 0 Å². The zero-order valence-electron chi connectivity index (χ0n) is 11.0. The molecular weight excluding hydrogens is 216 g/mol. The van der Waals surface area contributed by atoms with E-state index in [1.807, 2.05) is 11.9 Å². The van der Waals surface area contributed by atoms with Crippen molar-refractivity contribution in [2.45, 2.75) is 12.5 Å². The quantitative estimate of drug-likeness (QED) is 0.691. The van der Waals surface area contributed by atoms with Gasteiger partial charge in [0.25, 0.3) is 0 Å². The van der Waals surface area contributed by atoms with Gasteiger partial charge < -0.3 is 15.1 Å². The van der Waals surface area contributed by atoms with Crippen molar-refractivity contribution in [3.8, 4) is 0 Å². The van der Waals surface area contributed by atoms with Crippen LogP contribution < -0.4 is 5.32 Å². The molecule has 17 heavy (non-hydrogen) atoms. The first-order valence-corrected chi connectivity index (χ1v) is 6.55. The molecule has 0 bridgehead atoms. The maximum Gasteiger partial charge on any atom is 0.236 e. The second-order valence-electron chi connectivity index (χ2n) is 5.15. The molecule has 98 valence electrons. The van der Waals surface area contributed by atoms with Crippen molar-refractivity contribution in [1.82, 2.24) is 20.0 Å². The van der Waals surface area contributed by atoms with Crippen molar-refractivity contribution in [1.29, 1.82) is 0 Å². The molecule has 2 heterocycles. The molecule has 0 aromatic rings. The van der Waals surface area contributed by atoms with Gasteiger partial charge in [-0.3, -0.25) is 9.69 Å². The average Bonchev–Trinajstić information content (AvgIpc) is 2.80. The predicted octanol–water partition coefficient (Wildman–Crippen LogP) is -0.946. The molecule has 2 fully saturated rings. The molecule has 0 radical (unpaired) electrons. The van der Waals surface area contributed by atoms with Crippen molar-refractivity contribution in [2.75, 3.05) is 59.9 Å². The van der Waals surface area contributed by atoms with Gasteiger partial charge in [-0.2, -0.15) is 0 Å². The van der Waals surface area contributed by atoms with E-state index in [4.69, 9.17) is 0 Å². The monoisotopic (exact) mass is 240 g/mol. The van der Waals surface area contributed by atoms with Crippen LogP contribution >= 0.6 is 0 Å². The summed E-state index contributed by atoms with van der Waals surface area (Å²) in [7, 11) is 4.00. The number of likely N-dealkylation sites (tertiary alicyclic amines) is 1. The summed E-state index contributed by atoms with van der Waals surface area (Å²) in [6, 6.07) is 0.588. The Morgan fingerprint density at radius 1 is 1.24 bits per heavy atom. The number of piperazine rings is 1. The Kier molecular flexibility index (Phi) is 4.36. The lowest BCUT2D eigenvalue weighted by atomic mass is 10.2. The summed E-state index contributed by atoms with van der Waals surface area (Å²) in [5.41, 5.74) is 0. The van der Waals surface area contributed by atoms with Crippen LogP contribution in [-0.4, -0.2) is 86.6 Å². The fourth-order valence-corrected chi connectivity index (χ4v) is 2.72. The first-order chi connectivity index (χ1) is 8.20. The molecule has 1 atom stereocenters. The second-order valence-corrected chi connectivity index (χ2v) is 5.15. The molecule has 1 unspecified atom stereocenters. The number of rotatable bonds is 3. The van der Waals surface area contributed by atoms with E-state index in [9.17, 15) is 4.79 Å². The van der Waals surface area contributed by atoms with Crippen LogP contribution in [0.2, 0.25) is 0 Å². The summed E-state index contributed by atoms with van der Waals surface area (Å²) in [5.74, 6) is 0.240. The third-order valence-corrected chi connectivity index (χ3v) is 3.90. The highest BCUT2D eigenvalue weighted by Gasteiger charge is 2.31. The summed E-state index contributed by atoms with van der Waals surface area (Å²) in [6.45, 7) is 6.92. The van der Waals surface area contributed by atoms with Gasteiger partial charge >= 0.3 is 0 Å². The van der Waals surface area contributed by atoms with Crippen LogP contribution in [0, 0.1) is 0 Å². The van der Waals surface area contributed by atoms with Crippen molar-refractivity contribution in [3.05, 3.63) is 0 Å². The zero-order chi connectivity index (χ0) is 12.3. The molecule has 2 aliphatic heterocycles. The van der Waals surface area contributed by atoms with Gasteiger partial charge in [0.2, 0.25) is 5.91 Å². The molecule has 5 nitrogen and oxygen atoms in total. The first-order valence-electron chi connectivity index (χ1n) is 6.55. The van der Waals surface area contributed by atoms with Gasteiger partial charge in [0.15, 0.2) is 0 Å². The van der Waals surface area contributed by atoms with Gasteiger partial charge in [0.1, 0.15) is 0 Å². The molecule has 2 rings (SSSR count). The van der Waals surface area contributed by atoms with Gasteiger partial charge in [-0.05, 0) is 20.5 Å². The second kappa shape index (κ2) is 5.80. The third-order valence-electron chi connectivity index (χ3n) is 3.90. The van der Waals surface area contributed by atoms with E-state index < -0.39 is 0 Å². The maximum absolute atomic E-state index is 11.8. The molecule has 0 saturated carbocycles. The lowest BCUT2D eigenvalue weighted by Crippen LogP contribution is -2.50. The standard InChI is InChI=1S/C12H24N4O/c1-13-9-12(17)16-4-3-11(10-16)15-7-5-14(2)6-8-15/h11,13H,3-10H2,1-2H3. The van der Waals surface area contributed by atoms with E-state index in [-0.39, 0.29) is 5.91 Å². The largest absolute Gasteiger partial charge is 0.340 e. The van der Waals surface area contributed by atoms with Gasteiger partial charge in [-0.1, -0.05) is 0 Å². The summed E-state index contributed by atoms with van der Waals surface area (Å²) in [4.78, 5) is 18.7. The fourth-order valence-electron chi connectivity index (χ4n) is 2.72. The minimum atomic E-state index is 0.240. The fraction of sp³-hybridized carbons (Fsp3) is 0.917. The minimum absolute atomic E-state index is 0.240. The van der Waals surface area contributed by atoms with Crippen LogP contribution in [-0.2, 0) is 4.79 Å². The zero-order valence-corrected chi connectivity index (χ0v) is 11.0. The Morgan fingerprint density at radius 3 is 2.59 bits per heavy atom. The number of likely N-dealkylation sites (N-methyl/N-ethyl adjacent to an activating group) is 2. The van der Waals surface area contributed by atoms with Gasteiger partial charge in [0.05, 0.1) is 6.54 Å². The highest BCUT2D eigenvalue weighted by molar-refractivity contribution is 5.78. The molecule has 0 spiro atoms. The van der Waals surface area contributed by atoms with Crippen molar-refractivity contribution in [2.24, 2.45) is 0 Å². The minimum Gasteiger partial charge on any atom is -0.340 e. The molecule has 0 aromatic carbocycles. The van der Waals surface area contributed by atoms with Crippen molar-refractivity contribution < 1.29 is 4.79 Å². The number of amides is 1. The number of carbonyl (C=O) groups excluding carboxylic acids is 1. The Bertz CT molecular complexity index is 263.